The molecule has 2 heterocycles. The molecular weight excluding hydrogens is 294 g/mol. The Balaban J connectivity index is 1.69. The van der Waals surface area contributed by atoms with Gasteiger partial charge in [0, 0.05) is 31.9 Å². The Morgan fingerprint density at radius 1 is 1.09 bits per heavy atom. The summed E-state index contributed by atoms with van der Waals surface area (Å²) in [7, 11) is 1.62. The van der Waals surface area contributed by atoms with Gasteiger partial charge in [-0.25, -0.2) is 0 Å². The van der Waals surface area contributed by atoms with E-state index in [1.807, 2.05) is 29.2 Å². The third kappa shape index (κ3) is 4.24. The van der Waals surface area contributed by atoms with E-state index in [4.69, 9.17) is 14.2 Å². The van der Waals surface area contributed by atoms with Crippen LogP contribution in [-0.2, 0) is 9.47 Å². The second kappa shape index (κ2) is 7.79. The Morgan fingerprint density at radius 2 is 1.65 bits per heavy atom. The molecule has 5 heteroatoms. The summed E-state index contributed by atoms with van der Waals surface area (Å²) in [5, 5.41) is 0. The van der Waals surface area contributed by atoms with Crippen LogP contribution in [-0.4, -0.2) is 56.4 Å². The van der Waals surface area contributed by atoms with E-state index in [0.717, 1.165) is 44.6 Å². The molecule has 0 unspecified atom stereocenters. The molecule has 0 aromatic heterocycles. The third-order valence-electron chi connectivity index (χ3n) is 4.52. The Bertz CT molecular complexity index is 486. The molecule has 0 spiro atoms. The summed E-state index contributed by atoms with van der Waals surface area (Å²) in [5.74, 6) is 0.796. The van der Waals surface area contributed by atoms with Crippen molar-refractivity contribution in [3.05, 3.63) is 29.8 Å². The fourth-order valence-corrected chi connectivity index (χ4v) is 3.22. The molecule has 0 saturated carbocycles. The van der Waals surface area contributed by atoms with Crippen molar-refractivity contribution in [1.29, 1.82) is 0 Å². The van der Waals surface area contributed by atoms with E-state index in [2.05, 4.69) is 0 Å². The van der Waals surface area contributed by atoms with Crippen molar-refractivity contribution in [3.63, 3.8) is 0 Å². The van der Waals surface area contributed by atoms with E-state index in [9.17, 15) is 4.79 Å². The summed E-state index contributed by atoms with van der Waals surface area (Å²) in [6.07, 6.45) is 4.51. The van der Waals surface area contributed by atoms with Gasteiger partial charge in [-0.15, -0.1) is 0 Å². The van der Waals surface area contributed by atoms with Gasteiger partial charge < -0.3 is 19.1 Å². The van der Waals surface area contributed by atoms with Gasteiger partial charge in [0.1, 0.15) is 5.75 Å². The van der Waals surface area contributed by atoms with Crippen LogP contribution in [0, 0.1) is 0 Å². The molecule has 3 rings (SSSR count). The number of carbonyl (C=O) groups excluding carboxylic acids is 1. The quantitative estimate of drug-likeness (QED) is 0.808. The maximum atomic E-state index is 12.9. The molecule has 0 bridgehead atoms. The molecule has 126 valence electrons. The lowest BCUT2D eigenvalue weighted by molar-refractivity contribution is 0.0307. The van der Waals surface area contributed by atoms with Gasteiger partial charge >= 0.3 is 0 Å². The molecule has 5 nitrogen and oxygen atoms in total. The molecule has 1 aromatic rings. The van der Waals surface area contributed by atoms with Crippen LogP contribution in [0.3, 0.4) is 0 Å². The number of rotatable bonds is 6. The highest BCUT2D eigenvalue weighted by Gasteiger charge is 2.27. The maximum Gasteiger partial charge on any atom is 0.254 e. The van der Waals surface area contributed by atoms with Crippen molar-refractivity contribution >= 4 is 5.91 Å². The van der Waals surface area contributed by atoms with Gasteiger partial charge in [0.15, 0.2) is 0 Å². The predicted octanol–water partition coefficient (Wildman–Crippen LogP) is 2.50. The van der Waals surface area contributed by atoms with Gasteiger partial charge in [0.25, 0.3) is 5.91 Å². The molecule has 2 aliphatic heterocycles. The lowest BCUT2D eigenvalue weighted by Crippen LogP contribution is -2.41. The number of amides is 1. The number of carbonyl (C=O) groups is 1. The lowest BCUT2D eigenvalue weighted by atomic mass is 10.1. The molecule has 1 aromatic carbocycles. The van der Waals surface area contributed by atoms with E-state index < -0.39 is 0 Å². The highest BCUT2D eigenvalue weighted by molar-refractivity contribution is 5.94. The minimum Gasteiger partial charge on any atom is -0.497 e. The highest BCUT2D eigenvalue weighted by atomic mass is 16.5. The summed E-state index contributed by atoms with van der Waals surface area (Å²) in [6, 6.07) is 7.28. The average molecular weight is 319 g/mol. The number of methoxy groups -OCH3 is 1. The summed E-state index contributed by atoms with van der Waals surface area (Å²) in [6.45, 7) is 2.89. The first-order valence-corrected chi connectivity index (χ1v) is 8.43. The molecule has 0 radical (unpaired) electrons. The summed E-state index contributed by atoms with van der Waals surface area (Å²) in [4.78, 5) is 14.8. The monoisotopic (exact) mass is 319 g/mol. The van der Waals surface area contributed by atoms with Gasteiger partial charge in [0.05, 0.1) is 19.3 Å². The molecule has 0 N–H and O–H groups in total. The van der Waals surface area contributed by atoms with Crippen molar-refractivity contribution < 1.29 is 19.0 Å². The van der Waals surface area contributed by atoms with Gasteiger partial charge in [-0.05, 0) is 49.9 Å². The number of ether oxygens (including phenoxy) is 3. The summed E-state index contributed by atoms with van der Waals surface area (Å²) < 4.78 is 16.6. The van der Waals surface area contributed by atoms with Crippen LogP contribution in [0.5, 0.6) is 5.75 Å². The van der Waals surface area contributed by atoms with Gasteiger partial charge in [-0.3, -0.25) is 4.79 Å². The van der Waals surface area contributed by atoms with Crippen molar-refractivity contribution in [2.24, 2.45) is 0 Å². The standard InChI is InChI=1S/C18H25NO4/c1-21-15-8-6-14(7-9-15)18(20)19(12-16-4-2-10-22-16)13-17-5-3-11-23-17/h6-9,16-17H,2-5,10-13H2,1H3/t16-,17+. The Kier molecular flexibility index (Phi) is 5.51. The minimum absolute atomic E-state index is 0.0404. The maximum absolute atomic E-state index is 12.9. The van der Waals surface area contributed by atoms with Crippen LogP contribution < -0.4 is 4.74 Å². The van der Waals surface area contributed by atoms with E-state index in [1.54, 1.807) is 7.11 Å². The molecule has 0 aliphatic carbocycles. The van der Waals surface area contributed by atoms with E-state index >= 15 is 0 Å². The zero-order chi connectivity index (χ0) is 16.1. The summed E-state index contributed by atoms with van der Waals surface area (Å²) >= 11 is 0. The molecule has 2 saturated heterocycles. The lowest BCUT2D eigenvalue weighted by Gasteiger charge is -2.28. The first kappa shape index (κ1) is 16.3. The van der Waals surface area contributed by atoms with Crippen LogP contribution in [0.2, 0.25) is 0 Å². The minimum atomic E-state index is 0.0404. The Labute approximate surface area is 137 Å². The van der Waals surface area contributed by atoms with Crippen molar-refractivity contribution in [3.8, 4) is 5.75 Å². The summed E-state index contributed by atoms with van der Waals surface area (Å²) in [5.41, 5.74) is 0.682. The molecule has 2 aliphatic rings. The highest BCUT2D eigenvalue weighted by Crippen LogP contribution is 2.20. The van der Waals surface area contributed by atoms with Crippen LogP contribution in [0.25, 0.3) is 0 Å². The Morgan fingerprint density at radius 3 is 2.09 bits per heavy atom. The van der Waals surface area contributed by atoms with Crippen molar-refractivity contribution in [2.75, 3.05) is 33.4 Å². The average Bonchev–Trinajstić information content (AvgIpc) is 3.27. The van der Waals surface area contributed by atoms with Gasteiger partial charge in [0.2, 0.25) is 0 Å². The van der Waals surface area contributed by atoms with Gasteiger partial charge in [-0.2, -0.15) is 0 Å². The largest absolute Gasteiger partial charge is 0.497 e. The first-order chi connectivity index (χ1) is 11.3. The molecular formula is C18H25NO4. The zero-order valence-corrected chi connectivity index (χ0v) is 13.7. The molecule has 1 amide bonds. The van der Waals surface area contributed by atoms with E-state index in [1.165, 1.54) is 0 Å². The molecule has 2 atom stereocenters. The number of hydrogen-bond donors (Lipinski definition) is 0. The predicted molar refractivity (Wildman–Crippen MR) is 86.8 cm³/mol. The topological polar surface area (TPSA) is 48.0 Å². The first-order valence-electron chi connectivity index (χ1n) is 8.43. The zero-order valence-electron chi connectivity index (χ0n) is 13.7. The van der Waals surface area contributed by atoms with Crippen LogP contribution in [0.1, 0.15) is 36.0 Å². The fourth-order valence-electron chi connectivity index (χ4n) is 3.22. The third-order valence-corrected chi connectivity index (χ3v) is 4.52. The van der Waals surface area contributed by atoms with Crippen molar-refractivity contribution in [1.82, 2.24) is 4.90 Å². The van der Waals surface area contributed by atoms with Crippen LogP contribution in [0.4, 0.5) is 0 Å². The smallest absolute Gasteiger partial charge is 0.254 e. The molecule has 2 fully saturated rings. The van der Waals surface area contributed by atoms with Crippen LogP contribution >= 0.6 is 0 Å². The fraction of sp³-hybridized carbons (Fsp3) is 0.611. The SMILES string of the molecule is COc1ccc(C(=O)N(C[C@H]2CCCO2)C[C@@H]2CCCO2)cc1. The Hall–Kier alpha value is -1.59. The number of benzene rings is 1. The van der Waals surface area contributed by atoms with Gasteiger partial charge in [-0.1, -0.05) is 0 Å². The van der Waals surface area contributed by atoms with Crippen molar-refractivity contribution in [2.45, 2.75) is 37.9 Å². The second-order valence-electron chi connectivity index (χ2n) is 6.21. The number of hydrogen-bond acceptors (Lipinski definition) is 4. The van der Waals surface area contributed by atoms with Crippen LogP contribution in [0.15, 0.2) is 24.3 Å². The molecule has 23 heavy (non-hydrogen) atoms. The van der Waals surface area contributed by atoms with E-state index in [0.29, 0.717) is 18.7 Å². The van der Waals surface area contributed by atoms with E-state index in [-0.39, 0.29) is 18.1 Å². The normalized spacial score (nSPS) is 23.9. The second-order valence-corrected chi connectivity index (χ2v) is 6.21. The number of nitrogens with zero attached hydrogens (tertiary/aromatic N) is 1.